The summed E-state index contributed by atoms with van der Waals surface area (Å²) in [5, 5.41) is 0. The van der Waals surface area contributed by atoms with Crippen LogP contribution in [0.25, 0.3) is 0 Å². The van der Waals surface area contributed by atoms with Gasteiger partial charge in [-0.25, -0.2) is 4.79 Å². The van der Waals surface area contributed by atoms with Crippen LogP contribution in [0.5, 0.6) is 11.5 Å². The van der Waals surface area contributed by atoms with Gasteiger partial charge in [-0.1, -0.05) is 0 Å². The van der Waals surface area contributed by atoms with Gasteiger partial charge in [0.25, 0.3) is 0 Å². The van der Waals surface area contributed by atoms with Crippen LogP contribution in [0.15, 0.2) is 18.2 Å². The molecule has 30 heavy (non-hydrogen) atoms. The molecule has 2 aliphatic rings. The minimum absolute atomic E-state index is 0.0121. The van der Waals surface area contributed by atoms with Crippen molar-refractivity contribution in [1.82, 2.24) is 4.98 Å². The van der Waals surface area contributed by atoms with Gasteiger partial charge in [0.2, 0.25) is 0 Å². The predicted molar refractivity (Wildman–Crippen MR) is 110 cm³/mol. The summed E-state index contributed by atoms with van der Waals surface area (Å²) in [5.74, 6) is 0.934. The van der Waals surface area contributed by atoms with Crippen LogP contribution in [0.1, 0.15) is 62.8 Å². The SMILES string of the molecule is COc1ccc(OC)c([C@@H]2CC(=O)c3c([nH]c(C(=O)OC[C@H]4CCCO4)c3C)C2)c1. The van der Waals surface area contributed by atoms with Crippen molar-refractivity contribution in [2.75, 3.05) is 27.4 Å². The van der Waals surface area contributed by atoms with E-state index in [1.165, 1.54) is 0 Å². The first-order chi connectivity index (χ1) is 14.5. The van der Waals surface area contributed by atoms with Crippen LogP contribution in [0, 0.1) is 6.92 Å². The van der Waals surface area contributed by atoms with Crippen molar-refractivity contribution >= 4 is 11.8 Å². The van der Waals surface area contributed by atoms with Crippen molar-refractivity contribution in [3.05, 3.63) is 46.3 Å². The maximum absolute atomic E-state index is 13.0. The highest BCUT2D eigenvalue weighted by molar-refractivity contribution is 6.03. The normalized spacial score (nSPS) is 20.7. The lowest BCUT2D eigenvalue weighted by atomic mass is 9.81. The Hall–Kier alpha value is -2.80. The van der Waals surface area contributed by atoms with E-state index in [4.69, 9.17) is 18.9 Å². The molecule has 1 aliphatic carbocycles. The Kier molecular flexibility index (Phi) is 5.81. The predicted octanol–water partition coefficient (Wildman–Crippen LogP) is 3.59. The third kappa shape index (κ3) is 3.81. The first-order valence-electron chi connectivity index (χ1n) is 10.3. The molecule has 7 nitrogen and oxygen atoms in total. The Labute approximate surface area is 175 Å². The fourth-order valence-electron chi connectivity index (χ4n) is 4.43. The average molecular weight is 413 g/mol. The highest BCUT2D eigenvalue weighted by Crippen LogP contribution is 2.40. The highest BCUT2D eigenvalue weighted by Gasteiger charge is 2.33. The van der Waals surface area contributed by atoms with Crippen molar-refractivity contribution in [2.24, 2.45) is 0 Å². The maximum Gasteiger partial charge on any atom is 0.355 e. The second-order valence-electron chi connectivity index (χ2n) is 7.85. The Morgan fingerprint density at radius 3 is 2.77 bits per heavy atom. The first-order valence-corrected chi connectivity index (χ1v) is 10.3. The van der Waals surface area contributed by atoms with Gasteiger partial charge in [-0.3, -0.25) is 4.79 Å². The molecule has 0 bridgehead atoms. The molecule has 7 heteroatoms. The molecule has 4 rings (SSSR count). The number of methoxy groups -OCH3 is 2. The summed E-state index contributed by atoms with van der Waals surface area (Å²) in [6.07, 6.45) is 2.80. The minimum atomic E-state index is -0.444. The lowest BCUT2D eigenvalue weighted by Crippen LogP contribution is -2.19. The number of carbonyl (C=O) groups excluding carboxylic acids is 2. The van der Waals surface area contributed by atoms with E-state index in [9.17, 15) is 9.59 Å². The van der Waals surface area contributed by atoms with E-state index >= 15 is 0 Å². The van der Waals surface area contributed by atoms with Crippen molar-refractivity contribution < 1.29 is 28.5 Å². The number of hydrogen-bond acceptors (Lipinski definition) is 6. The molecule has 0 radical (unpaired) electrons. The first kappa shape index (κ1) is 20.5. The zero-order valence-corrected chi connectivity index (χ0v) is 17.6. The minimum Gasteiger partial charge on any atom is -0.497 e. The van der Waals surface area contributed by atoms with Crippen LogP contribution in [-0.4, -0.2) is 50.3 Å². The number of hydrogen-bond donors (Lipinski definition) is 1. The number of Topliss-reactive ketones (excluding diaryl/α,β-unsaturated/α-hetero) is 1. The van der Waals surface area contributed by atoms with Gasteiger partial charge >= 0.3 is 5.97 Å². The molecular weight excluding hydrogens is 386 g/mol. The smallest absolute Gasteiger partial charge is 0.355 e. The van der Waals surface area contributed by atoms with Gasteiger partial charge in [0.15, 0.2) is 5.78 Å². The lowest BCUT2D eigenvalue weighted by molar-refractivity contribution is 0.0156. The van der Waals surface area contributed by atoms with Gasteiger partial charge in [0, 0.05) is 35.8 Å². The largest absolute Gasteiger partial charge is 0.497 e. The van der Waals surface area contributed by atoms with Crippen LogP contribution in [0.3, 0.4) is 0 Å². The fraction of sp³-hybridized carbons (Fsp3) is 0.478. The Morgan fingerprint density at radius 2 is 2.07 bits per heavy atom. The second kappa shape index (κ2) is 8.52. The number of H-pyrrole nitrogens is 1. The third-order valence-electron chi connectivity index (χ3n) is 5.99. The third-order valence-corrected chi connectivity index (χ3v) is 5.99. The molecular formula is C23H27NO6. The Morgan fingerprint density at radius 1 is 1.23 bits per heavy atom. The molecule has 1 fully saturated rings. The van der Waals surface area contributed by atoms with Crippen LogP contribution in [0.2, 0.25) is 0 Å². The fourth-order valence-corrected chi connectivity index (χ4v) is 4.43. The van der Waals surface area contributed by atoms with Crippen molar-refractivity contribution in [2.45, 2.75) is 44.6 Å². The van der Waals surface area contributed by atoms with Crippen molar-refractivity contribution in [3.8, 4) is 11.5 Å². The molecule has 1 aromatic heterocycles. The zero-order chi connectivity index (χ0) is 21.3. The molecule has 2 atom stereocenters. The summed E-state index contributed by atoms with van der Waals surface area (Å²) in [4.78, 5) is 28.8. The molecule has 0 spiro atoms. The maximum atomic E-state index is 13.0. The van der Waals surface area contributed by atoms with E-state index < -0.39 is 5.97 Å². The van der Waals surface area contributed by atoms with Crippen LogP contribution >= 0.6 is 0 Å². The zero-order valence-electron chi connectivity index (χ0n) is 17.6. The molecule has 0 unspecified atom stereocenters. The number of carbonyl (C=O) groups is 2. The molecule has 0 saturated carbocycles. The second-order valence-corrected chi connectivity index (χ2v) is 7.85. The number of esters is 1. The summed E-state index contributed by atoms with van der Waals surface area (Å²) >= 11 is 0. The molecule has 2 aromatic rings. The summed E-state index contributed by atoms with van der Waals surface area (Å²) in [7, 11) is 3.22. The molecule has 1 aromatic carbocycles. The number of nitrogens with one attached hydrogen (secondary N) is 1. The van der Waals surface area contributed by atoms with E-state index in [0.29, 0.717) is 42.0 Å². The van der Waals surface area contributed by atoms with Gasteiger partial charge in [-0.05, 0) is 49.9 Å². The van der Waals surface area contributed by atoms with Gasteiger partial charge in [-0.2, -0.15) is 0 Å². The van der Waals surface area contributed by atoms with Crippen LogP contribution < -0.4 is 9.47 Å². The average Bonchev–Trinajstić information content (AvgIpc) is 3.39. The molecule has 160 valence electrons. The summed E-state index contributed by atoms with van der Waals surface area (Å²) in [5.41, 5.74) is 3.30. The Balaban J connectivity index is 1.57. The number of fused-ring (bicyclic) bond motifs is 1. The van der Waals surface area contributed by atoms with Gasteiger partial charge < -0.3 is 23.9 Å². The molecule has 1 saturated heterocycles. The summed E-state index contributed by atoms with van der Waals surface area (Å²) in [6, 6.07) is 5.59. The number of benzene rings is 1. The topological polar surface area (TPSA) is 86.9 Å². The van der Waals surface area contributed by atoms with E-state index in [0.717, 1.165) is 29.8 Å². The number of rotatable bonds is 6. The lowest BCUT2D eigenvalue weighted by Gasteiger charge is -2.24. The van der Waals surface area contributed by atoms with E-state index in [1.54, 1.807) is 21.1 Å². The molecule has 1 aliphatic heterocycles. The number of aromatic amines is 1. The summed E-state index contributed by atoms with van der Waals surface area (Å²) < 4.78 is 21.8. The number of ketones is 1. The summed E-state index contributed by atoms with van der Waals surface area (Å²) in [6.45, 7) is 2.74. The van der Waals surface area contributed by atoms with Crippen LogP contribution in [-0.2, 0) is 15.9 Å². The monoisotopic (exact) mass is 413 g/mol. The standard InChI is InChI=1S/C23H27NO6/c1-13-21-18(24-22(13)23(26)30-12-16-5-4-8-29-16)9-14(10-19(21)25)17-11-15(27-2)6-7-20(17)28-3/h6-7,11,14,16,24H,4-5,8-10,12H2,1-3H3/t14-,16+/m0/s1. The molecule has 2 heterocycles. The van der Waals surface area contributed by atoms with E-state index in [2.05, 4.69) is 4.98 Å². The van der Waals surface area contributed by atoms with E-state index in [-0.39, 0.29) is 24.4 Å². The van der Waals surface area contributed by atoms with Crippen LogP contribution in [0.4, 0.5) is 0 Å². The van der Waals surface area contributed by atoms with Crippen molar-refractivity contribution in [3.63, 3.8) is 0 Å². The van der Waals surface area contributed by atoms with Gasteiger partial charge in [0.05, 0.1) is 20.3 Å². The number of aromatic nitrogens is 1. The van der Waals surface area contributed by atoms with Gasteiger partial charge in [0.1, 0.15) is 23.8 Å². The molecule has 1 N–H and O–H groups in total. The molecule has 0 amide bonds. The van der Waals surface area contributed by atoms with E-state index in [1.807, 2.05) is 18.2 Å². The van der Waals surface area contributed by atoms with Gasteiger partial charge in [-0.15, -0.1) is 0 Å². The quantitative estimate of drug-likeness (QED) is 0.729. The number of ether oxygens (including phenoxy) is 4. The van der Waals surface area contributed by atoms with Crippen molar-refractivity contribution in [1.29, 1.82) is 0 Å². The highest BCUT2D eigenvalue weighted by atomic mass is 16.6. The Bertz CT molecular complexity index is 957.